The maximum Gasteiger partial charge on any atom is 0.179 e. The number of benzene rings is 1. The quantitative estimate of drug-likeness (QED) is 0.947. The fourth-order valence-electron chi connectivity index (χ4n) is 2.87. The van der Waals surface area contributed by atoms with Crippen molar-refractivity contribution >= 4 is 15.7 Å². The third-order valence-electron chi connectivity index (χ3n) is 3.85. The van der Waals surface area contributed by atoms with E-state index < -0.39 is 9.84 Å². The van der Waals surface area contributed by atoms with Gasteiger partial charge < -0.3 is 5.32 Å². The second-order valence-corrected chi connectivity index (χ2v) is 7.39. The molecular weight excluding hydrogens is 284 g/mol. The van der Waals surface area contributed by atoms with Crippen molar-refractivity contribution in [3.63, 3.8) is 0 Å². The average Bonchev–Trinajstić information content (AvgIpc) is 2.47. The lowest BCUT2D eigenvalue weighted by atomic mass is 9.88. The van der Waals surface area contributed by atoms with E-state index in [1.54, 1.807) is 18.3 Å². The van der Waals surface area contributed by atoms with Crippen molar-refractivity contribution in [2.45, 2.75) is 30.2 Å². The van der Waals surface area contributed by atoms with E-state index in [9.17, 15) is 8.42 Å². The van der Waals surface area contributed by atoms with Gasteiger partial charge in [0, 0.05) is 12.5 Å². The number of hydrogen-bond donors (Lipinski definition) is 1. The third-order valence-corrected chi connectivity index (χ3v) is 4.98. The highest BCUT2D eigenvalue weighted by Crippen LogP contribution is 2.33. The molecule has 0 bridgehead atoms. The summed E-state index contributed by atoms with van der Waals surface area (Å²) in [6, 6.07) is 11.7. The Morgan fingerprint density at radius 1 is 1.19 bits per heavy atom. The van der Waals surface area contributed by atoms with E-state index in [0.29, 0.717) is 5.82 Å². The average molecular weight is 302 g/mol. The number of anilines is 1. The molecule has 1 aliphatic carbocycles. The summed E-state index contributed by atoms with van der Waals surface area (Å²) in [5.74, 6) is 0.446. The van der Waals surface area contributed by atoms with Crippen LogP contribution in [0.1, 0.15) is 30.0 Å². The van der Waals surface area contributed by atoms with Crippen LogP contribution in [-0.2, 0) is 16.3 Å². The molecule has 0 saturated carbocycles. The molecule has 1 heterocycles. The van der Waals surface area contributed by atoms with E-state index in [2.05, 4.69) is 22.4 Å². The van der Waals surface area contributed by atoms with Gasteiger partial charge in [0.1, 0.15) is 10.7 Å². The van der Waals surface area contributed by atoms with Crippen LogP contribution in [0.3, 0.4) is 0 Å². The molecule has 0 spiro atoms. The SMILES string of the molecule is CS(=O)(=O)c1cccnc1NC1CCCc2ccccc21. The first kappa shape index (κ1) is 14.1. The zero-order valence-corrected chi connectivity index (χ0v) is 12.7. The summed E-state index contributed by atoms with van der Waals surface area (Å²) in [5, 5.41) is 3.32. The number of aryl methyl sites for hydroxylation is 1. The van der Waals surface area contributed by atoms with Gasteiger partial charge in [-0.2, -0.15) is 0 Å². The fourth-order valence-corrected chi connectivity index (χ4v) is 3.66. The standard InChI is InChI=1S/C16H18N2O2S/c1-21(19,20)15-10-5-11-17-16(15)18-14-9-4-7-12-6-2-3-8-13(12)14/h2-3,5-6,8,10-11,14H,4,7,9H2,1H3,(H,17,18). The molecule has 3 rings (SSSR count). The minimum absolute atomic E-state index is 0.116. The highest BCUT2D eigenvalue weighted by molar-refractivity contribution is 7.90. The molecule has 110 valence electrons. The molecule has 1 unspecified atom stereocenters. The van der Waals surface area contributed by atoms with Gasteiger partial charge in [0.05, 0.1) is 6.04 Å². The minimum Gasteiger partial charge on any atom is -0.362 e. The normalized spacial score (nSPS) is 18.0. The lowest BCUT2D eigenvalue weighted by Crippen LogP contribution is -2.19. The number of fused-ring (bicyclic) bond motifs is 1. The lowest BCUT2D eigenvalue weighted by molar-refractivity contribution is 0.592. The molecule has 0 saturated heterocycles. The summed E-state index contributed by atoms with van der Waals surface area (Å²) in [5.41, 5.74) is 2.58. The van der Waals surface area contributed by atoms with Crippen molar-refractivity contribution in [2.75, 3.05) is 11.6 Å². The molecule has 1 N–H and O–H groups in total. The van der Waals surface area contributed by atoms with Crippen LogP contribution in [0.15, 0.2) is 47.5 Å². The van der Waals surface area contributed by atoms with Crippen LogP contribution >= 0.6 is 0 Å². The number of nitrogens with one attached hydrogen (secondary N) is 1. The molecule has 5 heteroatoms. The third kappa shape index (κ3) is 2.93. The molecule has 1 aromatic heterocycles. The van der Waals surface area contributed by atoms with Gasteiger partial charge in [-0.15, -0.1) is 0 Å². The number of pyridine rings is 1. The predicted molar refractivity (Wildman–Crippen MR) is 83.1 cm³/mol. The van der Waals surface area contributed by atoms with E-state index in [1.165, 1.54) is 17.4 Å². The van der Waals surface area contributed by atoms with Crippen molar-refractivity contribution in [2.24, 2.45) is 0 Å². The number of sulfone groups is 1. The van der Waals surface area contributed by atoms with Crippen LogP contribution < -0.4 is 5.32 Å². The highest BCUT2D eigenvalue weighted by Gasteiger charge is 2.22. The largest absolute Gasteiger partial charge is 0.362 e. The molecular formula is C16H18N2O2S. The smallest absolute Gasteiger partial charge is 0.179 e. The van der Waals surface area contributed by atoms with E-state index >= 15 is 0 Å². The van der Waals surface area contributed by atoms with Crippen LogP contribution in [0.5, 0.6) is 0 Å². The highest BCUT2D eigenvalue weighted by atomic mass is 32.2. The summed E-state index contributed by atoms with van der Waals surface area (Å²) in [6.07, 6.45) is 5.98. The number of nitrogens with zero attached hydrogens (tertiary/aromatic N) is 1. The first-order valence-electron chi connectivity index (χ1n) is 7.05. The summed E-state index contributed by atoms with van der Waals surface area (Å²) in [6.45, 7) is 0. The van der Waals surface area contributed by atoms with Gasteiger partial charge in [-0.1, -0.05) is 24.3 Å². The molecule has 0 radical (unpaired) electrons. The number of rotatable bonds is 3. The van der Waals surface area contributed by atoms with Crippen LogP contribution in [0.4, 0.5) is 5.82 Å². The first-order valence-corrected chi connectivity index (χ1v) is 8.94. The molecule has 0 aliphatic heterocycles. The summed E-state index contributed by atoms with van der Waals surface area (Å²) in [7, 11) is -3.29. The Hall–Kier alpha value is -1.88. The van der Waals surface area contributed by atoms with Crippen LogP contribution in [0.2, 0.25) is 0 Å². The maximum absolute atomic E-state index is 11.9. The van der Waals surface area contributed by atoms with Crippen molar-refractivity contribution < 1.29 is 8.42 Å². The topological polar surface area (TPSA) is 59.1 Å². The van der Waals surface area contributed by atoms with Crippen LogP contribution in [0.25, 0.3) is 0 Å². The van der Waals surface area contributed by atoms with E-state index in [0.717, 1.165) is 19.3 Å². The molecule has 0 amide bonds. The molecule has 2 aromatic rings. The van der Waals surface area contributed by atoms with E-state index in [1.807, 2.05) is 12.1 Å². The number of hydrogen-bond acceptors (Lipinski definition) is 4. The Labute approximate surface area is 125 Å². The Morgan fingerprint density at radius 3 is 2.81 bits per heavy atom. The Morgan fingerprint density at radius 2 is 2.00 bits per heavy atom. The lowest BCUT2D eigenvalue weighted by Gasteiger charge is -2.27. The molecule has 0 fully saturated rings. The van der Waals surface area contributed by atoms with Gasteiger partial charge in [-0.3, -0.25) is 0 Å². The first-order chi connectivity index (χ1) is 10.1. The van der Waals surface area contributed by atoms with Crippen LogP contribution in [-0.4, -0.2) is 19.7 Å². The maximum atomic E-state index is 11.9. The summed E-state index contributed by atoms with van der Waals surface area (Å²) >= 11 is 0. The van der Waals surface area contributed by atoms with Gasteiger partial charge in [0.25, 0.3) is 0 Å². The number of aromatic nitrogens is 1. The monoisotopic (exact) mass is 302 g/mol. The van der Waals surface area contributed by atoms with Gasteiger partial charge in [0.2, 0.25) is 0 Å². The van der Waals surface area contributed by atoms with Crippen molar-refractivity contribution in [1.82, 2.24) is 4.98 Å². The zero-order chi connectivity index (χ0) is 14.9. The van der Waals surface area contributed by atoms with Crippen molar-refractivity contribution in [3.8, 4) is 0 Å². The fraction of sp³-hybridized carbons (Fsp3) is 0.312. The van der Waals surface area contributed by atoms with Gasteiger partial charge >= 0.3 is 0 Å². The van der Waals surface area contributed by atoms with Crippen LogP contribution in [0, 0.1) is 0 Å². The Balaban J connectivity index is 1.96. The molecule has 4 nitrogen and oxygen atoms in total. The predicted octanol–water partition coefficient (Wildman–Crippen LogP) is 2.97. The van der Waals surface area contributed by atoms with Crippen molar-refractivity contribution in [1.29, 1.82) is 0 Å². The zero-order valence-electron chi connectivity index (χ0n) is 11.9. The van der Waals surface area contributed by atoms with E-state index in [4.69, 9.17) is 0 Å². The Bertz CT molecular complexity index is 756. The van der Waals surface area contributed by atoms with Crippen molar-refractivity contribution in [3.05, 3.63) is 53.7 Å². The van der Waals surface area contributed by atoms with Gasteiger partial charge in [-0.25, -0.2) is 13.4 Å². The summed E-state index contributed by atoms with van der Waals surface area (Å²) < 4.78 is 23.7. The Kier molecular flexibility index (Phi) is 3.68. The molecule has 1 aromatic carbocycles. The second kappa shape index (κ2) is 5.48. The molecule has 1 aliphatic rings. The van der Waals surface area contributed by atoms with Gasteiger partial charge in [0.15, 0.2) is 9.84 Å². The second-order valence-electron chi connectivity index (χ2n) is 5.41. The van der Waals surface area contributed by atoms with Gasteiger partial charge in [-0.05, 0) is 42.5 Å². The minimum atomic E-state index is -3.29. The molecule has 21 heavy (non-hydrogen) atoms. The van der Waals surface area contributed by atoms with E-state index in [-0.39, 0.29) is 10.9 Å². The summed E-state index contributed by atoms with van der Waals surface area (Å²) in [4.78, 5) is 4.48. The molecule has 1 atom stereocenters.